The smallest absolute Gasteiger partial charge is 0.410 e. The second-order valence-corrected chi connectivity index (χ2v) is 9.12. The molecular formula is C25H30FN3O5. The quantitative estimate of drug-likeness (QED) is 0.715. The number of para-hydroxylation sites is 1. The molecule has 0 spiro atoms. The van der Waals surface area contributed by atoms with Crippen LogP contribution in [0.1, 0.15) is 60.1 Å². The summed E-state index contributed by atoms with van der Waals surface area (Å²) in [5.74, 6) is -1.43. The number of nitrogens with zero attached hydrogens (tertiary/aromatic N) is 2. The molecule has 2 N–H and O–H groups in total. The third-order valence-electron chi connectivity index (χ3n) is 5.37. The molecule has 1 saturated heterocycles. The molecule has 8 nitrogen and oxygen atoms in total. The van der Waals surface area contributed by atoms with Crippen LogP contribution in [0.25, 0.3) is 0 Å². The van der Waals surface area contributed by atoms with E-state index in [0.29, 0.717) is 24.4 Å². The van der Waals surface area contributed by atoms with Crippen LogP contribution in [0.5, 0.6) is 5.75 Å². The van der Waals surface area contributed by atoms with Gasteiger partial charge in [0.1, 0.15) is 23.3 Å². The van der Waals surface area contributed by atoms with Gasteiger partial charge in [0, 0.05) is 26.2 Å². The third kappa shape index (κ3) is 6.03. The Bertz CT molecular complexity index is 1070. The zero-order valence-electron chi connectivity index (χ0n) is 19.8. The van der Waals surface area contributed by atoms with E-state index in [1.54, 1.807) is 52.0 Å². The number of ether oxygens (including phenoxy) is 2. The van der Waals surface area contributed by atoms with Gasteiger partial charge in [-0.1, -0.05) is 18.2 Å². The van der Waals surface area contributed by atoms with Crippen LogP contribution in [0.3, 0.4) is 0 Å². The summed E-state index contributed by atoms with van der Waals surface area (Å²) in [6, 6.07) is 10.8. The summed E-state index contributed by atoms with van der Waals surface area (Å²) in [6.45, 7) is 8.22. The van der Waals surface area contributed by atoms with Crippen LogP contribution in [0, 0.1) is 5.82 Å². The van der Waals surface area contributed by atoms with Crippen LogP contribution < -0.4 is 10.5 Å². The van der Waals surface area contributed by atoms with Crippen molar-refractivity contribution in [2.45, 2.75) is 39.4 Å². The lowest BCUT2D eigenvalue weighted by Crippen LogP contribution is -2.51. The Labute approximate surface area is 198 Å². The molecule has 3 amide bonds. The number of primary amides is 1. The largest absolute Gasteiger partial charge is 0.485 e. The number of rotatable bonds is 5. The van der Waals surface area contributed by atoms with E-state index in [9.17, 15) is 18.8 Å². The fourth-order valence-corrected chi connectivity index (χ4v) is 3.58. The zero-order valence-corrected chi connectivity index (χ0v) is 19.8. The molecule has 34 heavy (non-hydrogen) atoms. The fraction of sp³-hybridized carbons (Fsp3) is 0.400. The van der Waals surface area contributed by atoms with E-state index in [4.69, 9.17) is 15.2 Å². The summed E-state index contributed by atoms with van der Waals surface area (Å²) < 4.78 is 25.9. The van der Waals surface area contributed by atoms with Crippen LogP contribution >= 0.6 is 0 Å². The molecular weight excluding hydrogens is 441 g/mol. The summed E-state index contributed by atoms with van der Waals surface area (Å²) in [5, 5.41) is 0. The van der Waals surface area contributed by atoms with Gasteiger partial charge in [0.25, 0.3) is 11.8 Å². The minimum Gasteiger partial charge on any atom is -0.485 e. The molecule has 0 bridgehead atoms. The summed E-state index contributed by atoms with van der Waals surface area (Å²) in [4.78, 5) is 40.0. The first kappa shape index (κ1) is 25.0. The number of amides is 3. The lowest BCUT2D eigenvalue weighted by Gasteiger charge is -2.35. The van der Waals surface area contributed by atoms with Gasteiger partial charge in [0.2, 0.25) is 0 Å². The summed E-state index contributed by atoms with van der Waals surface area (Å²) in [5.41, 5.74) is 5.51. The lowest BCUT2D eigenvalue weighted by molar-refractivity contribution is 0.0140. The van der Waals surface area contributed by atoms with Crippen molar-refractivity contribution in [3.8, 4) is 5.75 Å². The van der Waals surface area contributed by atoms with E-state index in [1.807, 2.05) is 0 Å². The van der Waals surface area contributed by atoms with Gasteiger partial charge < -0.3 is 25.0 Å². The molecule has 2 aromatic carbocycles. The number of hydrogen-bond acceptors (Lipinski definition) is 5. The monoisotopic (exact) mass is 471 g/mol. The molecule has 1 aliphatic rings. The summed E-state index contributed by atoms with van der Waals surface area (Å²) >= 11 is 0. The molecule has 182 valence electrons. The average Bonchev–Trinajstić information content (AvgIpc) is 2.78. The van der Waals surface area contributed by atoms with Gasteiger partial charge in [-0.25, -0.2) is 9.18 Å². The molecule has 0 saturated carbocycles. The van der Waals surface area contributed by atoms with Crippen LogP contribution in [0.2, 0.25) is 0 Å². The maximum absolute atomic E-state index is 14.6. The van der Waals surface area contributed by atoms with E-state index in [2.05, 4.69) is 0 Å². The Morgan fingerprint density at radius 1 is 0.971 bits per heavy atom. The molecule has 3 rings (SSSR count). The van der Waals surface area contributed by atoms with E-state index in [-0.39, 0.29) is 24.2 Å². The van der Waals surface area contributed by atoms with Gasteiger partial charge in [-0.2, -0.15) is 0 Å². The highest BCUT2D eigenvalue weighted by Gasteiger charge is 2.29. The van der Waals surface area contributed by atoms with E-state index < -0.39 is 35.4 Å². The SMILES string of the molecule is CC(Oc1ccccc1C(N)=O)c1ccc(F)c(C(=O)N2CCN(C(=O)OC(C)(C)C)CC2)c1. The van der Waals surface area contributed by atoms with Gasteiger partial charge >= 0.3 is 6.09 Å². The number of nitrogens with two attached hydrogens (primary N) is 1. The maximum Gasteiger partial charge on any atom is 0.410 e. The van der Waals surface area contributed by atoms with Crippen molar-refractivity contribution in [2.75, 3.05) is 26.2 Å². The average molecular weight is 472 g/mol. The number of halogens is 1. The van der Waals surface area contributed by atoms with Crippen LogP contribution in [-0.2, 0) is 4.74 Å². The summed E-state index contributed by atoms with van der Waals surface area (Å²) in [6.07, 6.45) is -1.01. The topological polar surface area (TPSA) is 102 Å². The van der Waals surface area contributed by atoms with Crippen molar-refractivity contribution >= 4 is 17.9 Å². The van der Waals surface area contributed by atoms with E-state index in [1.165, 1.54) is 28.0 Å². The van der Waals surface area contributed by atoms with Crippen molar-refractivity contribution < 1.29 is 28.2 Å². The highest BCUT2D eigenvalue weighted by atomic mass is 19.1. The first-order valence-electron chi connectivity index (χ1n) is 11.1. The third-order valence-corrected chi connectivity index (χ3v) is 5.37. The number of carbonyl (C=O) groups excluding carboxylic acids is 3. The predicted molar refractivity (Wildman–Crippen MR) is 124 cm³/mol. The molecule has 9 heteroatoms. The molecule has 1 unspecified atom stereocenters. The van der Waals surface area contributed by atoms with Crippen molar-refractivity contribution in [1.29, 1.82) is 0 Å². The van der Waals surface area contributed by atoms with Gasteiger partial charge in [-0.05, 0) is 57.5 Å². The number of benzene rings is 2. The standard InChI is InChI=1S/C25H30FN3O5/c1-16(33-21-8-6-5-7-18(21)22(27)30)17-9-10-20(26)19(15-17)23(31)28-11-13-29(14-12-28)24(32)34-25(2,3)4/h5-10,15-16H,11-14H2,1-4H3,(H2,27,30). The van der Waals surface area contributed by atoms with E-state index in [0.717, 1.165) is 0 Å². The summed E-state index contributed by atoms with van der Waals surface area (Å²) in [7, 11) is 0. The van der Waals surface area contributed by atoms with Crippen LogP contribution in [-0.4, -0.2) is 59.5 Å². The Hall–Kier alpha value is -3.62. The normalized spacial score (nSPS) is 15.0. The van der Waals surface area contributed by atoms with Crippen molar-refractivity contribution in [3.63, 3.8) is 0 Å². The highest BCUT2D eigenvalue weighted by Crippen LogP contribution is 2.27. The predicted octanol–water partition coefficient (Wildman–Crippen LogP) is 3.76. The second kappa shape index (κ2) is 10.1. The van der Waals surface area contributed by atoms with E-state index >= 15 is 0 Å². The first-order chi connectivity index (χ1) is 16.0. The highest BCUT2D eigenvalue weighted by molar-refractivity contribution is 5.96. The Kier molecular flexibility index (Phi) is 7.44. The van der Waals surface area contributed by atoms with Crippen molar-refractivity contribution in [2.24, 2.45) is 5.73 Å². The molecule has 2 aromatic rings. The minimum atomic E-state index is -0.645. The second-order valence-electron chi connectivity index (χ2n) is 9.12. The lowest BCUT2D eigenvalue weighted by atomic mass is 10.0. The van der Waals surface area contributed by atoms with Crippen molar-refractivity contribution in [1.82, 2.24) is 9.80 Å². The van der Waals surface area contributed by atoms with Gasteiger partial charge in [-0.15, -0.1) is 0 Å². The molecule has 0 aliphatic carbocycles. The number of carbonyl (C=O) groups is 3. The van der Waals surface area contributed by atoms with Gasteiger partial charge in [0.15, 0.2) is 0 Å². The zero-order chi connectivity index (χ0) is 25.0. The van der Waals surface area contributed by atoms with Gasteiger partial charge in [-0.3, -0.25) is 9.59 Å². The Balaban J connectivity index is 1.70. The Morgan fingerprint density at radius 3 is 2.21 bits per heavy atom. The van der Waals surface area contributed by atoms with Crippen molar-refractivity contribution in [3.05, 3.63) is 65.0 Å². The molecule has 1 heterocycles. The fourth-order valence-electron chi connectivity index (χ4n) is 3.58. The molecule has 1 aliphatic heterocycles. The van der Waals surface area contributed by atoms with Gasteiger partial charge in [0.05, 0.1) is 11.1 Å². The first-order valence-corrected chi connectivity index (χ1v) is 11.1. The Morgan fingerprint density at radius 2 is 1.59 bits per heavy atom. The maximum atomic E-state index is 14.6. The van der Waals surface area contributed by atoms with Crippen LogP contribution in [0.15, 0.2) is 42.5 Å². The van der Waals surface area contributed by atoms with Crippen LogP contribution in [0.4, 0.5) is 9.18 Å². The molecule has 1 fully saturated rings. The minimum absolute atomic E-state index is 0.0816. The number of piperazine rings is 1. The number of hydrogen-bond donors (Lipinski definition) is 1. The molecule has 0 aromatic heterocycles. The molecule has 0 radical (unpaired) electrons. The molecule has 1 atom stereocenters.